The van der Waals surface area contributed by atoms with Crippen molar-refractivity contribution in [1.82, 2.24) is 20.1 Å². The second-order valence-electron chi connectivity index (χ2n) is 6.46. The summed E-state index contributed by atoms with van der Waals surface area (Å²) in [5.41, 5.74) is 1.95. The lowest BCUT2D eigenvalue weighted by molar-refractivity contribution is 0.0905. The Morgan fingerprint density at radius 3 is 2.52 bits per heavy atom. The van der Waals surface area contributed by atoms with Crippen molar-refractivity contribution in [3.8, 4) is 0 Å². The van der Waals surface area contributed by atoms with Crippen LogP contribution >= 0.6 is 11.3 Å². The fourth-order valence-electron chi connectivity index (χ4n) is 2.65. The first-order chi connectivity index (χ1) is 10.8. The molecule has 0 aliphatic rings. The summed E-state index contributed by atoms with van der Waals surface area (Å²) < 4.78 is 1.97. The van der Waals surface area contributed by atoms with Gasteiger partial charge in [-0.05, 0) is 46.6 Å². The minimum Gasteiger partial charge on any atom is -0.339 e. The van der Waals surface area contributed by atoms with Gasteiger partial charge in [0.1, 0.15) is 10.7 Å². The molecule has 0 aliphatic carbocycles. The van der Waals surface area contributed by atoms with Gasteiger partial charge >= 0.3 is 0 Å². The first-order valence-corrected chi connectivity index (χ1v) is 8.97. The van der Waals surface area contributed by atoms with Gasteiger partial charge in [-0.15, -0.1) is 11.3 Å². The van der Waals surface area contributed by atoms with E-state index in [1.807, 2.05) is 43.8 Å². The number of aromatic nitrogens is 3. The van der Waals surface area contributed by atoms with Gasteiger partial charge in [0.2, 0.25) is 0 Å². The number of carbonyl (C=O) groups is 1. The predicted molar refractivity (Wildman–Crippen MR) is 93.9 cm³/mol. The molecular weight excluding hydrogens is 308 g/mol. The molecule has 2 heterocycles. The monoisotopic (exact) mass is 334 g/mol. The third kappa shape index (κ3) is 3.80. The van der Waals surface area contributed by atoms with Crippen LogP contribution < -0.4 is 5.32 Å². The summed E-state index contributed by atoms with van der Waals surface area (Å²) >= 11 is 1.56. The molecule has 0 atom stereocenters. The summed E-state index contributed by atoms with van der Waals surface area (Å²) in [7, 11) is 0. The molecule has 0 radical (unpaired) electrons. The molecule has 2 aromatic heterocycles. The Hall–Kier alpha value is -1.69. The molecule has 2 rings (SSSR count). The summed E-state index contributed by atoms with van der Waals surface area (Å²) in [5.74, 6) is -0.157. The van der Waals surface area contributed by atoms with Gasteiger partial charge in [-0.2, -0.15) is 5.10 Å². The maximum Gasteiger partial charge on any atom is 0.272 e. The van der Waals surface area contributed by atoms with Gasteiger partial charge in [-0.25, -0.2) is 4.98 Å². The molecule has 6 heteroatoms. The zero-order valence-corrected chi connectivity index (χ0v) is 15.6. The van der Waals surface area contributed by atoms with E-state index in [0.29, 0.717) is 11.7 Å². The smallest absolute Gasteiger partial charge is 0.272 e. The number of nitrogens with one attached hydrogen (secondary N) is 1. The van der Waals surface area contributed by atoms with Crippen LogP contribution in [0.15, 0.2) is 11.4 Å². The lowest BCUT2D eigenvalue weighted by atomic mass is 10.1. The van der Waals surface area contributed by atoms with Gasteiger partial charge in [0.05, 0.1) is 11.6 Å². The van der Waals surface area contributed by atoms with E-state index in [1.165, 1.54) is 0 Å². The standard InChI is InChI=1S/C17H26N4OS/c1-7-13(8-2)21-12(4)9-14(20-21)15(22)19-17(5,6)16-18-11(3)10-23-16/h9-10,13H,7-8H2,1-6H3,(H,19,22). The van der Waals surface area contributed by atoms with E-state index in [0.717, 1.165) is 29.2 Å². The van der Waals surface area contributed by atoms with Crippen molar-refractivity contribution in [3.05, 3.63) is 33.5 Å². The van der Waals surface area contributed by atoms with Crippen LogP contribution in [0.1, 0.15) is 73.5 Å². The Kier molecular flexibility index (Phi) is 5.24. The molecule has 0 aromatic carbocycles. The molecule has 126 valence electrons. The minimum absolute atomic E-state index is 0.157. The van der Waals surface area contributed by atoms with Crippen molar-refractivity contribution in [2.75, 3.05) is 0 Å². The Morgan fingerprint density at radius 1 is 1.35 bits per heavy atom. The fourth-order valence-corrected chi connectivity index (χ4v) is 3.52. The second-order valence-corrected chi connectivity index (χ2v) is 7.32. The largest absolute Gasteiger partial charge is 0.339 e. The Morgan fingerprint density at radius 2 is 2.00 bits per heavy atom. The average Bonchev–Trinajstić information content (AvgIpc) is 3.07. The molecule has 0 aliphatic heterocycles. The number of hydrogen-bond acceptors (Lipinski definition) is 4. The molecule has 0 saturated carbocycles. The van der Waals surface area contributed by atoms with Crippen LogP contribution in [0.2, 0.25) is 0 Å². The van der Waals surface area contributed by atoms with Crippen LogP contribution in [-0.2, 0) is 5.54 Å². The number of hydrogen-bond donors (Lipinski definition) is 1. The molecule has 0 spiro atoms. The van der Waals surface area contributed by atoms with Gasteiger partial charge in [-0.3, -0.25) is 9.48 Å². The summed E-state index contributed by atoms with van der Waals surface area (Å²) in [5, 5.41) is 10.5. The molecule has 0 bridgehead atoms. The second kappa shape index (κ2) is 6.83. The van der Waals surface area contributed by atoms with Gasteiger partial charge in [0.15, 0.2) is 0 Å². The van der Waals surface area contributed by atoms with Crippen LogP contribution in [0.5, 0.6) is 0 Å². The highest BCUT2D eigenvalue weighted by atomic mass is 32.1. The number of rotatable bonds is 6. The number of carbonyl (C=O) groups excluding carboxylic acids is 1. The molecule has 0 unspecified atom stereocenters. The zero-order chi connectivity index (χ0) is 17.2. The lowest BCUT2D eigenvalue weighted by Crippen LogP contribution is -2.41. The summed E-state index contributed by atoms with van der Waals surface area (Å²) in [6.45, 7) is 12.2. The molecule has 5 nitrogen and oxygen atoms in total. The lowest BCUT2D eigenvalue weighted by Gasteiger charge is -2.23. The van der Waals surface area contributed by atoms with Crippen molar-refractivity contribution in [2.45, 2.75) is 66.0 Å². The number of nitrogens with zero attached hydrogens (tertiary/aromatic N) is 3. The summed E-state index contributed by atoms with van der Waals surface area (Å²) in [6.07, 6.45) is 2.01. The third-order valence-corrected chi connectivity index (χ3v) is 5.31. The van der Waals surface area contributed by atoms with E-state index in [-0.39, 0.29) is 5.91 Å². The van der Waals surface area contributed by atoms with Gasteiger partial charge in [0.25, 0.3) is 5.91 Å². The first kappa shape index (κ1) is 17.7. The van der Waals surface area contributed by atoms with Crippen LogP contribution in [-0.4, -0.2) is 20.7 Å². The van der Waals surface area contributed by atoms with Gasteiger partial charge in [0, 0.05) is 16.8 Å². The highest BCUT2D eigenvalue weighted by Crippen LogP contribution is 2.24. The Balaban J connectivity index is 2.19. The molecule has 23 heavy (non-hydrogen) atoms. The first-order valence-electron chi connectivity index (χ1n) is 8.09. The number of amides is 1. The van der Waals surface area contributed by atoms with Crippen molar-refractivity contribution in [2.24, 2.45) is 0 Å². The summed E-state index contributed by atoms with van der Waals surface area (Å²) in [4.78, 5) is 17.1. The van der Waals surface area contributed by atoms with Crippen LogP contribution in [0.25, 0.3) is 0 Å². The van der Waals surface area contributed by atoms with Crippen LogP contribution in [0.3, 0.4) is 0 Å². The Bertz CT molecular complexity index is 683. The zero-order valence-electron chi connectivity index (χ0n) is 14.8. The van der Waals surface area contributed by atoms with E-state index in [2.05, 4.69) is 29.2 Å². The normalized spacial score (nSPS) is 12.0. The fraction of sp³-hybridized carbons (Fsp3) is 0.588. The summed E-state index contributed by atoms with van der Waals surface area (Å²) in [6, 6.07) is 2.20. The van der Waals surface area contributed by atoms with Crippen LogP contribution in [0, 0.1) is 13.8 Å². The number of thiazole rings is 1. The predicted octanol–water partition coefficient (Wildman–Crippen LogP) is 3.98. The molecule has 2 aromatic rings. The third-order valence-electron chi connectivity index (χ3n) is 4.02. The van der Waals surface area contributed by atoms with E-state index in [9.17, 15) is 4.79 Å². The van der Waals surface area contributed by atoms with Crippen molar-refractivity contribution >= 4 is 17.2 Å². The SMILES string of the molecule is CCC(CC)n1nc(C(=O)NC(C)(C)c2nc(C)cs2)cc1C. The highest BCUT2D eigenvalue weighted by molar-refractivity contribution is 7.09. The quantitative estimate of drug-likeness (QED) is 0.869. The number of aryl methyl sites for hydroxylation is 2. The maximum atomic E-state index is 12.6. The van der Waals surface area contributed by atoms with E-state index >= 15 is 0 Å². The molecule has 1 N–H and O–H groups in total. The van der Waals surface area contributed by atoms with Crippen molar-refractivity contribution in [1.29, 1.82) is 0 Å². The van der Waals surface area contributed by atoms with Crippen molar-refractivity contribution < 1.29 is 4.79 Å². The van der Waals surface area contributed by atoms with Crippen molar-refractivity contribution in [3.63, 3.8) is 0 Å². The Labute approximate surface area is 142 Å². The van der Waals surface area contributed by atoms with Gasteiger partial charge in [-0.1, -0.05) is 13.8 Å². The topological polar surface area (TPSA) is 59.8 Å². The average molecular weight is 334 g/mol. The molecular formula is C17H26N4OS. The van der Waals surface area contributed by atoms with E-state index in [1.54, 1.807) is 11.3 Å². The van der Waals surface area contributed by atoms with Gasteiger partial charge < -0.3 is 5.32 Å². The van der Waals surface area contributed by atoms with E-state index in [4.69, 9.17) is 0 Å². The maximum absolute atomic E-state index is 12.6. The van der Waals surface area contributed by atoms with E-state index < -0.39 is 5.54 Å². The molecule has 0 fully saturated rings. The van der Waals surface area contributed by atoms with Crippen LogP contribution in [0.4, 0.5) is 0 Å². The molecule has 1 amide bonds. The molecule has 0 saturated heterocycles. The minimum atomic E-state index is -0.511. The highest BCUT2D eigenvalue weighted by Gasteiger charge is 2.28.